The van der Waals surface area contributed by atoms with Crippen LogP contribution in [0.2, 0.25) is 0 Å². The van der Waals surface area contributed by atoms with Crippen molar-refractivity contribution in [1.29, 1.82) is 0 Å². The number of hydrogen-bond donors (Lipinski definition) is 2. The summed E-state index contributed by atoms with van der Waals surface area (Å²) in [4.78, 5) is 20.5. The van der Waals surface area contributed by atoms with Gasteiger partial charge in [0.05, 0.1) is 30.8 Å². The number of rotatable bonds is 4. The Morgan fingerprint density at radius 3 is 2.70 bits per heavy atom. The molecule has 2 aromatic rings. The number of pyridine rings is 2. The quantitative estimate of drug-likeness (QED) is 0.897. The van der Waals surface area contributed by atoms with E-state index in [-0.39, 0.29) is 6.61 Å². The van der Waals surface area contributed by atoms with Crippen LogP contribution in [0.4, 0.5) is 4.79 Å². The summed E-state index contributed by atoms with van der Waals surface area (Å²) in [7, 11) is 1.52. The molecule has 0 unspecified atom stereocenters. The van der Waals surface area contributed by atoms with Crippen LogP contribution in [0, 0.1) is 0 Å². The average Bonchev–Trinajstić information content (AvgIpc) is 2.50. The van der Waals surface area contributed by atoms with Gasteiger partial charge in [-0.1, -0.05) is 0 Å². The Morgan fingerprint density at radius 2 is 2.09 bits per heavy atom. The Balaban J connectivity index is 2.34. The van der Waals surface area contributed by atoms with Crippen LogP contribution in [0.1, 0.15) is 32.4 Å². The van der Waals surface area contributed by atoms with Crippen molar-refractivity contribution < 1.29 is 19.4 Å². The van der Waals surface area contributed by atoms with Gasteiger partial charge in [0, 0.05) is 17.8 Å². The van der Waals surface area contributed by atoms with Crippen molar-refractivity contribution in [2.24, 2.45) is 0 Å². The van der Waals surface area contributed by atoms with Gasteiger partial charge in [-0.05, 0) is 32.9 Å². The highest BCUT2D eigenvalue weighted by atomic mass is 16.6. The fourth-order valence-electron chi connectivity index (χ4n) is 2.09. The molecule has 2 rings (SSSR count). The molecule has 0 fully saturated rings. The molecule has 0 aliphatic carbocycles. The molecule has 0 saturated heterocycles. The lowest BCUT2D eigenvalue weighted by Gasteiger charge is -2.23. The molecular formula is C16H21N3O4. The molecule has 0 radical (unpaired) electrons. The minimum absolute atomic E-state index is 0.294. The fraction of sp³-hybridized carbons (Fsp3) is 0.438. The molecule has 23 heavy (non-hydrogen) atoms. The van der Waals surface area contributed by atoms with Crippen molar-refractivity contribution >= 4 is 17.1 Å². The number of aliphatic hydroxyl groups excluding tert-OH is 1. The van der Waals surface area contributed by atoms with Crippen LogP contribution in [0.15, 0.2) is 24.4 Å². The molecule has 1 amide bonds. The number of ether oxygens (including phenoxy) is 2. The number of amides is 1. The Hall–Kier alpha value is -2.41. The van der Waals surface area contributed by atoms with Gasteiger partial charge in [-0.15, -0.1) is 0 Å². The smallest absolute Gasteiger partial charge is 0.408 e. The third-order valence-corrected chi connectivity index (χ3v) is 3.05. The Morgan fingerprint density at radius 1 is 1.35 bits per heavy atom. The van der Waals surface area contributed by atoms with E-state index < -0.39 is 17.7 Å². The number of carbonyl (C=O) groups excluding carboxylic acids is 1. The number of alkyl carbamates (subject to hydrolysis) is 1. The molecule has 0 aliphatic rings. The van der Waals surface area contributed by atoms with E-state index in [9.17, 15) is 9.90 Å². The number of nitrogens with one attached hydrogen (secondary N) is 1. The van der Waals surface area contributed by atoms with Crippen molar-refractivity contribution in [3.63, 3.8) is 0 Å². The van der Waals surface area contributed by atoms with Gasteiger partial charge >= 0.3 is 6.09 Å². The predicted octanol–water partition coefficient (Wildman–Crippen LogP) is 2.20. The first kappa shape index (κ1) is 17.0. The lowest BCUT2D eigenvalue weighted by molar-refractivity contribution is 0.0482. The third kappa shape index (κ3) is 4.29. The van der Waals surface area contributed by atoms with Gasteiger partial charge in [0.2, 0.25) is 5.88 Å². The lowest BCUT2D eigenvalue weighted by Crippen LogP contribution is -2.36. The van der Waals surface area contributed by atoms with Crippen LogP contribution in [0.25, 0.3) is 11.0 Å². The summed E-state index contributed by atoms with van der Waals surface area (Å²) in [6.45, 7) is 5.02. The van der Waals surface area contributed by atoms with Gasteiger partial charge < -0.3 is 19.9 Å². The molecule has 0 saturated carbocycles. The first-order chi connectivity index (χ1) is 10.8. The normalized spacial score (nSPS) is 12.7. The predicted molar refractivity (Wildman–Crippen MR) is 85.3 cm³/mol. The molecule has 2 heterocycles. The summed E-state index contributed by atoms with van der Waals surface area (Å²) in [6, 6.07) is 4.52. The minimum atomic E-state index is -0.657. The van der Waals surface area contributed by atoms with E-state index in [2.05, 4.69) is 15.3 Å². The Labute approximate surface area is 134 Å². The van der Waals surface area contributed by atoms with E-state index in [1.54, 1.807) is 45.2 Å². The molecule has 0 spiro atoms. The van der Waals surface area contributed by atoms with Crippen LogP contribution in [-0.4, -0.2) is 40.5 Å². The van der Waals surface area contributed by atoms with Crippen LogP contribution in [-0.2, 0) is 4.74 Å². The summed E-state index contributed by atoms with van der Waals surface area (Å²) in [5.74, 6) is 0.431. The topological polar surface area (TPSA) is 93.6 Å². The van der Waals surface area contributed by atoms with E-state index in [1.807, 2.05) is 0 Å². The number of aliphatic hydroxyl groups is 1. The van der Waals surface area contributed by atoms with E-state index in [1.165, 1.54) is 7.11 Å². The van der Waals surface area contributed by atoms with Gasteiger partial charge in [0.15, 0.2) is 0 Å². The number of carbonyl (C=O) groups is 1. The van der Waals surface area contributed by atoms with Crippen LogP contribution < -0.4 is 10.1 Å². The van der Waals surface area contributed by atoms with Crippen molar-refractivity contribution in [2.45, 2.75) is 32.4 Å². The zero-order valence-corrected chi connectivity index (χ0v) is 13.7. The molecule has 2 aromatic heterocycles. The lowest BCUT2D eigenvalue weighted by atomic mass is 10.1. The molecular weight excluding hydrogens is 298 g/mol. The van der Waals surface area contributed by atoms with Crippen LogP contribution in [0.3, 0.4) is 0 Å². The summed E-state index contributed by atoms with van der Waals surface area (Å²) >= 11 is 0. The van der Waals surface area contributed by atoms with Crippen molar-refractivity contribution in [3.05, 3.63) is 30.0 Å². The second-order valence-corrected chi connectivity index (χ2v) is 6.00. The maximum atomic E-state index is 12.0. The van der Waals surface area contributed by atoms with Gasteiger partial charge in [-0.2, -0.15) is 0 Å². The molecule has 124 valence electrons. The first-order valence-electron chi connectivity index (χ1n) is 7.24. The maximum absolute atomic E-state index is 12.0. The number of aromatic nitrogens is 2. The number of fused-ring (bicyclic) bond motifs is 1. The van der Waals surface area contributed by atoms with Crippen molar-refractivity contribution in [2.75, 3.05) is 13.7 Å². The highest BCUT2D eigenvalue weighted by molar-refractivity contribution is 5.79. The van der Waals surface area contributed by atoms with Gasteiger partial charge in [0.25, 0.3) is 0 Å². The number of nitrogens with zero attached hydrogens (tertiary/aromatic N) is 2. The monoisotopic (exact) mass is 319 g/mol. The van der Waals surface area contributed by atoms with Crippen LogP contribution >= 0.6 is 0 Å². The van der Waals surface area contributed by atoms with E-state index in [4.69, 9.17) is 9.47 Å². The van der Waals surface area contributed by atoms with Gasteiger partial charge in [0.1, 0.15) is 5.60 Å². The zero-order chi connectivity index (χ0) is 17.0. The third-order valence-electron chi connectivity index (χ3n) is 3.05. The largest absolute Gasteiger partial charge is 0.481 e. The highest BCUT2D eigenvalue weighted by Gasteiger charge is 2.22. The minimum Gasteiger partial charge on any atom is -0.481 e. The standard InChI is InChI=1S/C16H21N3O4/c1-16(2,3)23-15(21)18-12(9-20)10-7-8-17-11-5-6-13(22-4)19-14(10)11/h5-8,12,20H,9H2,1-4H3,(H,18,21)/t12-/m1/s1. The van der Waals surface area contributed by atoms with E-state index in [0.717, 1.165) is 0 Å². The molecule has 1 atom stereocenters. The van der Waals surface area contributed by atoms with Crippen molar-refractivity contribution in [3.8, 4) is 5.88 Å². The number of methoxy groups -OCH3 is 1. The summed E-state index contributed by atoms with van der Waals surface area (Å²) in [6.07, 6.45) is 0.995. The molecule has 2 N–H and O–H groups in total. The molecule has 0 aliphatic heterocycles. The number of hydrogen-bond acceptors (Lipinski definition) is 6. The van der Waals surface area contributed by atoms with Crippen LogP contribution in [0.5, 0.6) is 5.88 Å². The summed E-state index contributed by atoms with van der Waals surface area (Å²) in [5.41, 5.74) is 1.23. The molecule has 0 bridgehead atoms. The molecule has 7 nitrogen and oxygen atoms in total. The zero-order valence-electron chi connectivity index (χ0n) is 13.7. The second-order valence-electron chi connectivity index (χ2n) is 6.00. The highest BCUT2D eigenvalue weighted by Crippen LogP contribution is 2.23. The summed E-state index contributed by atoms with van der Waals surface area (Å²) < 4.78 is 10.4. The average molecular weight is 319 g/mol. The maximum Gasteiger partial charge on any atom is 0.408 e. The van der Waals surface area contributed by atoms with E-state index in [0.29, 0.717) is 22.5 Å². The Kier molecular flexibility index (Phi) is 5.00. The second kappa shape index (κ2) is 6.78. The van der Waals surface area contributed by atoms with E-state index >= 15 is 0 Å². The van der Waals surface area contributed by atoms with Gasteiger partial charge in [-0.3, -0.25) is 4.98 Å². The first-order valence-corrected chi connectivity index (χ1v) is 7.24. The molecule has 0 aromatic carbocycles. The van der Waals surface area contributed by atoms with Crippen molar-refractivity contribution in [1.82, 2.24) is 15.3 Å². The molecule has 7 heteroatoms. The van der Waals surface area contributed by atoms with Gasteiger partial charge in [-0.25, -0.2) is 9.78 Å². The Bertz CT molecular complexity index is 697. The SMILES string of the molecule is COc1ccc2nccc([C@@H](CO)NC(=O)OC(C)(C)C)c2n1. The fourth-order valence-corrected chi connectivity index (χ4v) is 2.09. The summed E-state index contributed by atoms with van der Waals surface area (Å²) in [5, 5.41) is 12.3.